The van der Waals surface area contributed by atoms with E-state index in [2.05, 4.69) is 39.9 Å². The molecular formula is C14H23NO3. The molecule has 0 spiro atoms. The molecule has 1 heterocycles. The first-order valence-corrected chi connectivity index (χ1v) is 6.15. The molecule has 0 fully saturated rings. The van der Waals surface area contributed by atoms with E-state index in [0.29, 0.717) is 12.3 Å². The molecular weight excluding hydrogens is 230 g/mol. The van der Waals surface area contributed by atoms with Crippen LogP contribution in [0.5, 0.6) is 0 Å². The summed E-state index contributed by atoms with van der Waals surface area (Å²) in [4.78, 5) is 10.7. The highest BCUT2D eigenvalue weighted by Crippen LogP contribution is 2.27. The third-order valence-corrected chi connectivity index (χ3v) is 2.61. The van der Waals surface area contributed by atoms with Crippen molar-refractivity contribution < 1.29 is 14.3 Å². The third-order valence-electron chi connectivity index (χ3n) is 2.61. The maximum absolute atomic E-state index is 10.7. The average molecular weight is 253 g/mol. The minimum Gasteiger partial charge on any atom is -0.478 e. The second-order valence-corrected chi connectivity index (χ2v) is 6.58. The Morgan fingerprint density at radius 1 is 1.33 bits per heavy atom. The van der Waals surface area contributed by atoms with Crippen molar-refractivity contribution >= 4 is 5.97 Å². The first-order valence-electron chi connectivity index (χ1n) is 6.15. The van der Waals surface area contributed by atoms with E-state index in [1.54, 1.807) is 6.07 Å². The van der Waals surface area contributed by atoms with Gasteiger partial charge in [0.15, 0.2) is 0 Å². The highest BCUT2D eigenvalue weighted by Gasteiger charge is 2.25. The Labute approximate surface area is 108 Å². The van der Waals surface area contributed by atoms with Crippen LogP contribution < -0.4 is 5.32 Å². The number of hydrogen-bond acceptors (Lipinski definition) is 3. The first kappa shape index (κ1) is 14.8. The molecule has 0 amide bonds. The molecule has 1 aromatic heterocycles. The van der Waals surface area contributed by atoms with E-state index in [1.165, 1.54) is 6.26 Å². The van der Waals surface area contributed by atoms with Crippen LogP contribution in [-0.2, 0) is 6.54 Å². The summed E-state index contributed by atoms with van der Waals surface area (Å²) in [6.07, 6.45) is 2.29. The number of carbonyl (C=O) groups is 1. The quantitative estimate of drug-likeness (QED) is 0.845. The van der Waals surface area contributed by atoms with Gasteiger partial charge >= 0.3 is 5.97 Å². The summed E-state index contributed by atoms with van der Waals surface area (Å²) in [5.41, 5.74) is 0.417. The molecule has 0 bridgehead atoms. The molecule has 0 unspecified atom stereocenters. The van der Waals surface area contributed by atoms with Crippen LogP contribution in [-0.4, -0.2) is 16.6 Å². The zero-order valence-corrected chi connectivity index (χ0v) is 11.8. The van der Waals surface area contributed by atoms with Gasteiger partial charge < -0.3 is 14.8 Å². The Kier molecular flexibility index (Phi) is 4.22. The maximum atomic E-state index is 10.7. The van der Waals surface area contributed by atoms with Crippen molar-refractivity contribution in [1.29, 1.82) is 0 Å². The van der Waals surface area contributed by atoms with Gasteiger partial charge in [-0.3, -0.25) is 0 Å². The van der Waals surface area contributed by atoms with Crippen LogP contribution in [0.2, 0.25) is 0 Å². The molecule has 1 rings (SSSR count). The molecule has 0 atom stereocenters. The first-order chi connectivity index (χ1) is 8.09. The van der Waals surface area contributed by atoms with Gasteiger partial charge in [0.05, 0.1) is 12.1 Å². The number of furan rings is 1. The highest BCUT2D eigenvalue weighted by molar-refractivity contribution is 5.87. The molecule has 0 saturated carbocycles. The van der Waals surface area contributed by atoms with E-state index >= 15 is 0 Å². The summed E-state index contributed by atoms with van der Waals surface area (Å²) in [6, 6.07) is 1.56. The number of nitrogens with one attached hydrogen (secondary N) is 1. The average Bonchev–Trinajstić information content (AvgIpc) is 2.59. The largest absolute Gasteiger partial charge is 0.478 e. The molecule has 4 heteroatoms. The minimum absolute atomic E-state index is 0.0194. The van der Waals surface area contributed by atoms with E-state index < -0.39 is 5.97 Å². The van der Waals surface area contributed by atoms with Gasteiger partial charge in [0, 0.05) is 5.54 Å². The zero-order valence-electron chi connectivity index (χ0n) is 11.8. The Balaban J connectivity index is 2.56. The van der Waals surface area contributed by atoms with E-state index in [0.717, 1.165) is 6.42 Å². The molecule has 102 valence electrons. The second kappa shape index (κ2) is 5.14. The smallest absolute Gasteiger partial charge is 0.338 e. The molecule has 0 saturated heterocycles. The van der Waals surface area contributed by atoms with Gasteiger partial charge in [0.1, 0.15) is 12.0 Å². The minimum atomic E-state index is -0.959. The van der Waals surface area contributed by atoms with Crippen molar-refractivity contribution in [2.24, 2.45) is 5.41 Å². The SMILES string of the molecule is CC(C)(C)CC(C)(C)NCc1cc(C(=O)O)co1. The van der Waals surface area contributed by atoms with Crippen LogP contribution in [0.15, 0.2) is 16.7 Å². The highest BCUT2D eigenvalue weighted by atomic mass is 16.4. The summed E-state index contributed by atoms with van der Waals surface area (Å²) in [7, 11) is 0. The van der Waals surface area contributed by atoms with Crippen molar-refractivity contribution in [1.82, 2.24) is 5.32 Å². The molecule has 4 nitrogen and oxygen atoms in total. The lowest BCUT2D eigenvalue weighted by Crippen LogP contribution is -2.41. The van der Waals surface area contributed by atoms with E-state index in [4.69, 9.17) is 9.52 Å². The van der Waals surface area contributed by atoms with Crippen molar-refractivity contribution in [2.75, 3.05) is 0 Å². The zero-order chi connectivity index (χ0) is 14.0. The lowest BCUT2D eigenvalue weighted by molar-refractivity contribution is 0.0696. The van der Waals surface area contributed by atoms with Gasteiger partial charge in [-0.1, -0.05) is 20.8 Å². The van der Waals surface area contributed by atoms with Gasteiger partial charge in [-0.05, 0) is 31.7 Å². The third kappa shape index (κ3) is 4.92. The van der Waals surface area contributed by atoms with Crippen LogP contribution in [0.4, 0.5) is 0 Å². The Morgan fingerprint density at radius 3 is 2.39 bits per heavy atom. The van der Waals surface area contributed by atoms with Crippen LogP contribution in [0, 0.1) is 5.41 Å². The molecule has 0 aliphatic heterocycles. The summed E-state index contributed by atoms with van der Waals surface area (Å²) in [5, 5.41) is 12.2. The van der Waals surface area contributed by atoms with E-state index in [9.17, 15) is 4.79 Å². The van der Waals surface area contributed by atoms with Gasteiger partial charge in [-0.2, -0.15) is 0 Å². The van der Waals surface area contributed by atoms with E-state index in [-0.39, 0.29) is 16.5 Å². The van der Waals surface area contributed by atoms with Crippen molar-refractivity contribution in [3.05, 3.63) is 23.7 Å². The van der Waals surface area contributed by atoms with Crippen molar-refractivity contribution in [3.8, 4) is 0 Å². The van der Waals surface area contributed by atoms with Crippen LogP contribution in [0.1, 0.15) is 57.2 Å². The number of aromatic carboxylic acids is 1. The fourth-order valence-corrected chi connectivity index (χ4v) is 2.30. The molecule has 0 aliphatic carbocycles. The standard InChI is InChI=1S/C14H23NO3/c1-13(2,3)9-14(4,5)15-7-11-6-10(8-18-11)12(16)17/h6,8,15H,7,9H2,1-5H3,(H,16,17). The predicted molar refractivity (Wildman–Crippen MR) is 70.7 cm³/mol. The lowest BCUT2D eigenvalue weighted by Gasteiger charge is -2.33. The number of hydrogen-bond donors (Lipinski definition) is 2. The molecule has 2 N–H and O–H groups in total. The second-order valence-electron chi connectivity index (χ2n) is 6.58. The summed E-state index contributed by atoms with van der Waals surface area (Å²) in [6.45, 7) is 11.4. The van der Waals surface area contributed by atoms with Crippen molar-refractivity contribution in [3.63, 3.8) is 0 Å². The topological polar surface area (TPSA) is 62.5 Å². The molecule has 1 aromatic rings. The van der Waals surface area contributed by atoms with Crippen LogP contribution >= 0.6 is 0 Å². The summed E-state index contributed by atoms with van der Waals surface area (Å²) in [5.74, 6) is -0.312. The Bertz CT molecular complexity index is 413. The van der Waals surface area contributed by atoms with Gasteiger partial charge in [0.2, 0.25) is 0 Å². The fourth-order valence-electron chi connectivity index (χ4n) is 2.30. The number of carboxylic acid groups (broad SMARTS) is 1. The van der Waals surface area contributed by atoms with E-state index in [1.807, 2.05) is 0 Å². The molecule has 0 aliphatic rings. The number of rotatable bonds is 5. The van der Waals surface area contributed by atoms with Crippen molar-refractivity contribution in [2.45, 2.75) is 53.1 Å². The summed E-state index contributed by atoms with van der Waals surface area (Å²) >= 11 is 0. The maximum Gasteiger partial charge on any atom is 0.338 e. The molecule has 18 heavy (non-hydrogen) atoms. The summed E-state index contributed by atoms with van der Waals surface area (Å²) < 4.78 is 5.21. The van der Waals surface area contributed by atoms with Crippen LogP contribution in [0.25, 0.3) is 0 Å². The monoisotopic (exact) mass is 253 g/mol. The van der Waals surface area contributed by atoms with Crippen LogP contribution in [0.3, 0.4) is 0 Å². The molecule has 0 aromatic carbocycles. The normalized spacial score (nSPS) is 12.7. The fraction of sp³-hybridized carbons (Fsp3) is 0.643. The van der Waals surface area contributed by atoms with Gasteiger partial charge in [-0.15, -0.1) is 0 Å². The van der Waals surface area contributed by atoms with Gasteiger partial charge in [0.25, 0.3) is 0 Å². The Hall–Kier alpha value is -1.29. The van der Waals surface area contributed by atoms with Gasteiger partial charge in [-0.25, -0.2) is 4.79 Å². The molecule has 0 radical (unpaired) electrons. The Morgan fingerprint density at radius 2 is 1.94 bits per heavy atom. The number of carboxylic acids is 1. The predicted octanol–water partition coefficient (Wildman–Crippen LogP) is 3.28. The lowest BCUT2D eigenvalue weighted by atomic mass is 9.82.